The Hall–Kier alpha value is -1.58. The summed E-state index contributed by atoms with van der Waals surface area (Å²) in [6.07, 6.45) is 0. The maximum Gasteiger partial charge on any atom is 0.134 e. The minimum absolute atomic E-state index is 0.277. The lowest BCUT2D eigenvalue weighted by Gasteiger charge is -2.15. The van der Waals surface area contributed by atoms with Gasteiger partial charge in [0.2, 0.25) is 0 Å². The molecule has 0 aromatic heterocycles. The quantitative estimate of drug-likeness (QED) is 0.889. The molecule has 0 aliphatic heterocycles. The second kappa shape index (κ2) is 6.25. The van der Waals surface area contributed by atoms with Crippen molar-refractivity contribution in [3.8, 4) is 11.5 Å². The topological polar surface area (TPSA) is 21.3 Å². The van der Waals surface area contributed by atoms with E-state index in [4.69, 9.17) is 16.3 Å². The minimum atomic E-state index is -0.277. The molecule has 0 bridgehead atoms. The van der Waals surface area contributed by atoms with Gasteiger partial charge in [-0.25, -0.2) is 4.39 Å². The molecule has 0 saturated heterocycles. The van der Waals surface area contributed by atoms with E-state index in [-0.39, 0.29) is 5.82 Å². The fourth-order valence-corrected chi connectivity index (χ4v) is 2.48. The molecule has 0 radical (unpaired) electrons. The lowest BCUT2D eigenvalue weighted by molar-refractivity contribution is 0.458. The normalized spacial score (nSPS) is 10.7. The van der Waals surface area contributed by atoms with Gasteiger partial charge in [0.15, 0.2) is 0 Å². The molecule has 0 heterocycles. The first-order valence-corrected chi connectivity index (χ1v) is 6.77. The molecule has 106 valence electrons. The third-order valence-corrected chi connectivity index (χ3v) is 3.28. The Balaban J connectivity index is 2.43. The number of hydrogen-bond donors (Lipinski definition) is 1. The second-order valence-corrected chi connectivity index (χ2v) is 5.15. The first-order chi connectivity index (χ1) is 9.52. The van der Waals surface area contributed by atoms with E-state index in [0.717, 1.165) is 16.9 Å². The van der Waals surface area contributed by atoms with Crippen LogP contribution in [-0.2, 0) is 6.54 Å². The molecule has 2 rings (SSSR count). The molecule has 2 nitrogen and oxygen atoms in total. The number of nitrogens with one attached hydrogen (secondary N) is 1. The summed E-state index contributed by atoms with van der Waals surface area (Å²) in [4.78, 5) is 0. The summed E-state index contributed by atoms with van der Waals surface area (Å²) in [5.74, 6) is 0.964. The highest BCUT2D eigenvalue weighted by Crippen LogP contribution is 2.33. The molecule has 0 aliphatic carbocycles. The zero-order chi connectivity index (χ0) is 14.7. The molecule has 0 amide bonds. The summed E-state index contributed by atoms with van der Waals surface area (Å²) in [5, 5.41) is 3.62. The average molecular weight is 294 g/mol. The molecule has 0 saturated carbocycles. The zero-order valence-corrected chi connectivity index (χ0v) is 12.5. The summed E-state index contributed by atoms with van der Waals surface area (Å²) in [6, 6.07) is 8.51. The summed E-state index contributed by atoms with van der Waals surface area (Å²) >= 11 is 6.01. The van der Waals surface area contributed by atoms with Crippen LogP contribution in [0.2, 0.25) is 5.02 Å². The molecule has 20 heavy (non-hydrogen) atoms. The number of aryl methyl sites for hydroxylation is 2. The van der Waals surface area contributed by atoms with Crippen molar-refractivity contribution in [2.75, 3.05) is 7.05 Å². The van der Waals surface area contributed by atoms with Crippen LogP contribution in [0.5, 0.6) is 11.5 Å². The van der Waals surface area contributed by atoms with Crippen LogP contribution >= 0.6 is 11.6 Å². The van der Waals surface area contributed by atoms with E-state index in [1.807, 2.05) is 26.0 Å². The molecule has 0 fully saturated rings. The first kappa shape index (κ1) is 14.8. The third kappa shape index (κ3) is 3.11. The van der Waals surface area contributed by atoms with Crippen molar-refractivity contribution < 1.29 is 9.13 Å². The predicted molar refractivity (Wildman–Crippen MR) is 80.2 cm³/mol. The fourth-order valence-electron chi connectivity index (χ4n) is 2.15. The Morgan fingerprint density at radius 2 is 1.85 bits per heavy atom. The first-order valence-electron chi connectivity index (χ1n) is 6.39. The van der Waals surface area contributed by atoms with Crippen LogP contribution in [0.15, 0.2) is 30.3 Å². The number of ether oxygens (including phenoxy) is 1. The minimum Gasteiger partial charge on any atom is -0.456 e. The molecule has 4 heteroatoms. The Labute approximate surface area is 123 Å². The van der Waals surface area contributed by atoms with Gasteiger partial charge >= 0.3 is 0 Å². The standard InChI is InChI=1S/C16H17ClFNO/c1-10-7-12(17)8-11(2)16(10)20-15-6-4-5-14(18)13(15)9-19-3/h4-8,19H,9H2,1-3H3. The number of rotatable bonds is 4. The van der Waals surface area contributed by atoms with Crippen LogP contribution in [0.25, 0.3) is 0 Å². The Bertz CT molecular complexity index is 605. The van der Waals surface area contributed by atoms with Crippen molar-refractivity contribution in [3.63, 3.8) is 0 Å². The number of halogens is 2. The largest absolute Gasteiger partial charge is 0.456 e. The lowest BCUT2D eigenvalue weighted by Crippen LogP contribution is -2.08. The Kier molecular flexibility index (Phi) is 4.63. The van der Waals surface area contributed by atoms with Crippen molar-refractivity contribution in [3.05, 3.63) is 57.9 Å². The van der Waals surface area contributed by atoms with Crippen LogP contribution in [0.3, 0.4) is 0 Å². The SMILES string of the molecule is CNCc1c(F)cccc1Oc1c(C)cc(Cl)cc1C. The molecule has 0 aliphatic rings. The van der Waals surface area contributed by atoms with Crippen LogP contribution in [0.4, 0.5) is 4.39 Å². The van der Waals surface area contributed by atoms with Gasteiger partial charge in [-0.05, 0) is 56.3 Å². The second-order valence-electron chi connectivity index (χ2n) is 4.72. The van der Waals surface area contributed by atoms with Crippen LogP contribution in [0, 0.1) is 19.7 Å². The molecule has 0 atom stereocenters. The van der Waals surface area contributed by atoms with E-state index >= 15 is 0 Å². The van der Waals surface area contributed by atoms with E-state index in [1.165, 1.54) is 6.07 Å². The summed E-state index contributed by atoms with van der Waals surface area (Å²) < 4.78 is 19.8. The monoisotopic (exact) mass is 293 g/mol. The Morgan fingerprint density at radius 3 is 2.45 bits per heavy atom. The highest BCUT2D eigenvalue weighted by atomic mass is 35.5. The van der Waals surface area contributed by atoms with Gasteiger partial charge in [-0.1, -0.05) is 17.7 Å². The number of hydrogen-bond acceptors (Lipinski definition) is 2. The Morgan fingerprint density at radius 1 is 1.20 bits per heavy atom. The van der Waals surface area contributed by atoms with Gasteiger partial charge < -0.3 is 10.1 Å². The van der Waals surface area contributed by atoms with Crippen molar-refractivity contribution in [2.45, 2.75) is 20.4 Å². The van der Waals surface area contributed by atoms with Gasteiger partial charge in [0.05, 0.1) is 0 Å². The predicted octanol–water partition coefficient (Wildman–Crippen LogP) is 4.61. The lowest BCUT2D eigenvalue weighted by atomic mass is 10.1. The van der Waals surface area contributed by atoms with Gasteiger partial charge in [-0.3, -0.25) is 0 Å². The molecule has 0 unspecified atom stereocenters. The van der Waals surface area contributed by atoms with Crippen LogP contribution in [0.1, 0.15) is 16.7 Å². The van der Waals surface area contributed by atoms with Crippen molar-refractivity contribution in [2.24, 2.45) is 0 Å². The summed E-state index contributed by atoms with van der Waals surface area (Å²) in [5.41, 5.74) is 2.37. The van der Waals surface area contributed by atoms with Crippen LogP contribution in [-0.4, -0.2) is 7.05 Å². The smallest absolute Gasteiger partial charge is 0.134 e. The van der Waals surface area contributed by atoms with E-state index < -0.39 is 0 Å². The molecule has 1 N–H and O–H groups in total. The highest BCUT2D eigenvalue weighted by molar-refractivity contribution is 6.30. The van der Waals surface area contributed by atoms with Crippen molar-refractivity contribution >= 4 is 11.6 Å². The van der Waals surface area contributed by atoms with E-state index in [1.54, 1.807) is 19.2 Å². The summed E-state index contributed by atoms with van der Waals surface area (Å²) in [6.45, 7) is 4.25. The van der Waals surface area contributed by atoms with Crippen LogP contribution < -0.4 is 10.1 Å². The molecular formula is C16H17ClFNO. The van der Waals surface area contributed by atoms with Gasteiger partial charge in [-0.15, -0.1) is 0 Å². The van der Waals surface area contributed by atoms with Gasteiger partial charge in [0, 0.05) is 17.1 Å². The van der Waals surface area contributed by atoms with Crippen molar-refractivity contribution in [1.29, 1.82) is 0 Å². The number of benzene rings is 2. The molecular weight excluding hydrogens is 277 g/mol. The zero-order valence-electron chi connectivity index (χ0n) is 11.8. The average Bonchev–Trinajstić information content (AvgIpc) is 2.37. The van der Waals surface area contributed by atoms with Gasteiger partial charge in [-0.2, -0.15) is 0 Å². The fraction of sp³-hybridized carbons (Fsp3) is 0.250. The molecule has 2 aromatic carbocycles. The summed E-state index contributed by atoms with van der Waals surface area (Å²) in [7, 11) is 1.77. The van der Waals surface area contributed by atoms with E-state index in [2.05, 4.69) is 5.32 Å². The third-order valence-electron chi connectivity index (χ3n) is 3.07. The molecule has 2 aromatic rings. The van der Waals surface area contributed by atoms with E-state index in [0.29, 0.717) is 22.9 Å². The van der Waals surface area contributed by atoms with Crippen molar-refractivity contribution in [1.82, 2.24) is 5.32 Å². The molecule has 0 spiro atoms. The highest BCUT2D eigenvalue weighted by Gasteiger charge is 2.12. The van der Waals surface area contributed by atoms with E-state index in [9.17, 15) is 4.39 Å². The van der Waals surface area contributed by atoms with Gasteiger partial charge in [0.1, 0.15) is 17.3 Å². The maximum absolute atomic E-state index is 13.9. The van der Waals surface area contributed by atoms with Gasteiger partial charge in [0.25, 0.3) is 0 Å². The maximum atomic E-state index is 13.9.